The average molecular weight is 449 g/mol. The number of pyridine rings is 1. The smallest absolute Gasteiger partial charge is 0.321 e. The molecule has 0 bridgehead atoms. The summed E-state index contributed by atoms with van der Waals surface area (Å²) in [7, 11) is 5.83. The molecule has 0 spiro atoms. The lowest BCUT2D eigenvalue weighted by atomic mass is 10.0. The third-order valence-corrected chi connectivity index (χ3v) is 6.52. The van der Waals surface area contributed by atoms with Gasteiger partial charge in [-0.25, -0.2) is 9.78 Å². The van der Waals surface area contributed by atoms with Gasteiger partial charge in [0.15, 0.2) is 5.13 Å². The Balaban J connectivity index is 1.69. The van der Waals surface area contributed by atoms with Crippen LogP contribution in [-0.4, -0.2) is 72.3 Å². The van der Waals surface area contributed by atoms with Crippen LogP contribution < -0.4 is 5.32 Å². The molecule has 1 saturated heterocycles. The van der Waals surface area contributed by atoms with Gasteiger partial charge in [0.2, 0.25) is 0 Å². The van der Waals surface area contributed by atoms with E-state index in [1.807, 2.05) is 57.3 Å². The zero-order valence-electron chi connectivity index (χ0n) is 19.1. The number of nitrogens with one attached hydrogen (secondary N) is 1. The number of carbonyl (C=O) groups excluding carboxylic acids is 1. The number of rotatable bonds is 5. The fraction of sp³-hybridized carbons (Fsp3) is 0.333. The molecule has 0 saturated carbocycles. The van der Waals surface area contributed by atoms with E-state index in [9.17, 15) is 4.79 Å². The van der Waals surface area contributed by atoms with Gasteiger partial charge < -0.3 is 9.80 Å². The molecule has 3 aromatic rings. The van der Waals surface area contributed by atoms with Crippen molar-refractivity contribution in [3.05, 3.63) is 53.3 Å². The van der Waals surface area contributed by atoms with Crippen LogP contribution in [0.1, 0.15) is 17.0 Å². The first-order valence-electron chi connectivity index (χ1n) is 10.6. The predicted molar refractivity (Wildman–Crippen MR) is 132 cm³/mol. The molecule has 7 nitrogen and oxygen atoms in total. The highest BCUT2D eigenvalue weighted by atomic mass is 32.1. The number of likely N-dealkylation sites (N-methyl/N-ethyl adjacent to an activating group) is 1. The van der Waals surface area contributed by atoms with E-state index in [0.29, 0.717) is 11.2 Å². The Morgan fingerprint density at radius 3 is 2.53 bits per heavy atom. The number of hydrogen-bond donors (Lipinski definition) is 1. The molecule has 1 fully saturated rings. The van der Waals surface area contributed by atoms with Crippen molar-refractivity contribution < 1.29 is 4.79 Å². The summed E-state index contributed by atoms with van der Waals surface area (Å²) in [5.74, 6) is 0. The average Bonchev–Trinajstić information content (AvgIpc) is 3.10. The zero-order valence-corrected chi connectivity index (χ0v) is 19.9. The minimum absolute atomic E-state index is 0.107. The number of hydrogen-bond acceptors (Lipinski definition) is 6. The van der Waals surface area contributed by atoms with Crippen LogP contribution in [0.3, 0.4) is 0 Å². The molecular formula is C24H28N6OS. The lowest BCUT2D eigenvalue weighted by Crippen LogP contribution is -2.60. The van der Waals surface area contributed by atoms with Gasteiger partial charge in [0.1, 0.15) is 0 Å². The summed E-state index contributed by atoms with van der Waals surface area (Å²) in [4.78, 5) is 31.2. The van der Waals surface area contributed by atoms with Gasteiger partial charge in [0.05, 0.1) is 10.6 Å². The first-order valence-corrected chi connectivity index (χ1v) is 11.4. The fourth-order valence-corrected chi connectivity index (χ4v) is 4.73. The van der Waals surface area contributed by atoms with Crippen LogP contribution in [0.25, 0.3) is 21.7 Å². The molecule has 0 radical (unpaired) electrons. The van der Waals surface area contributed by atoms with E-state index >= 15 is 0 Å². The molecule has 1 N–H and O–H groups in total. The van der Waals surface area contributed by atoms with E-state index in [4.69, 9.17) is 4.98 Å². The summed E-state index contributed by atoms with van der Waals surface area (Å²) in [5.41, 5.74) is 5.79. The molecule has 4 rings (SSSR count). The first kappa shape index (κ1) is 22.1. The van der Waals surface area contributed by atoms with Crippen molar-refractivity contribution in [2.24, 2.45) is 4.99 Å². The molecule has 0 aliphatic carbocycles. The van der Waals surface area contributed by atoms with E-state index in [0.717, 1.165) is 51.7 Å². The zero-order chi connectivity index (χ0) is 22.8. The van der Waals surface area contributed by atoms with Gasteiger partial charge in [-0.15, -0.1) is 0 Å². The van der Waals surface area contributed by atoms with Crippen LogP contribution in [0.2, 0.25) is 0 Å². The third kappa shape index (κ3) is 4.71. The van der Waals surface area contributed by atoms with Gasteiger partial charge in [-0.3, -0.25) is 15.3 Å². The second-order valence-electron chi connectivity index (χ2n) is 8.30. The van der Waals surface area contributed by atoms with E-state index in [-0.39, 0.29) is 6.03 Å². The van der Waals surface area contributed by atoms with Crippen LogP contribution in [0.15, 0.2) is 41.4 Å². The van der Waals surface area contributed by atoms with E-state index in [1.165, 1.54) is 11.3 Å². The van der Waals surface area contributed by atoms with Gasteiger partial charge in [-0.1, -0.05) is 29.5 Å². The summed E-state index contributed by atoms with van der Waals surface area (Å²) in [6.07, 6.45) is 1.82. The number of aliphatic imine (C=N–C) groups is 1. The highest BCUT2D eigenvalue weighted by molar-refractivity contribution is 7.19. The maximum Gasteiger partial charge on any atom is 0.323 e. The number of likely N-dealkylation sites (tertiary alicyclic amines) is 1. The Kier molecular flexibility index (Phi) is 6.34. The molecule has 1 aromatic carbocycles. The van der Waals surface area contributed by atoms with Gasteiger partial charge in [-0.2, -0.15) is 0 Å². The summed E-state index contributed by atoms with van der Waals surface area (Å²) in [5, 5.41) is 3.60. The SMILES string of the molecule is CN=Cc1cccc(-c2nc(NC(=O)N3CC(N(C)C)C3)sc2-c2cc(C)nc(C)c2)c1. The monoisotopic (exact) mass is 448 g/mol. The van der Waals surface area contributed by atoms with Crippen molar-refractivity contribution in [3.63, 3.8) is 0 Å². The first-order chi connectivity index (χ1) is 15.3. The van der Waals surface area contributed by atoms with Crippen LogP contribution in [0, 0.1) is 13.8 Å². The van der Waals surface area contributed by atoms with Crippen LogP contribution in [0.4, 0.5) is 9.93 Å². The van der Waals surface area contributed by atoms with Crippen molar-refractivity contribution >= 4 is 28.7 Å². The Morgan fingerprint density at radius 2 is 1.88 bits per heavy atom. The lowest BCUT2D eigenvalue weighted by Gasteiger charge is -2.42. The molecular weight excluding hydrogens is 420 g/mol. The van der Waals surface area contributed by atoms with Gasteiger partial charge in [-0.05, 0) is 57.3 Å². The standard InChI is InChI=1S/C24H28N6OS/c1-15-9-19(10-16(2)26-15)22-21(18-8-6-7-17(11-18)12-25-3)27-23(32-22)28-24(31)30-13-20(14-30)29(4)5/h6-12,20H,13-14H2,1-5H3,(H,27,28,31). The van der Waals surface area contributed by atoms with Gasteiger partial charge >= 0.3 is 6.03 Å². The molecule has 2 amide bonds. The van der Waals surface area contributed by atoms with Crippen molar-refractivity contribution in [1.82, 2.24) is 19.8 Å². The molecule has 32 heavy (non-hydrogen) atoms. The Bertz CT molecular complexity index is 1140. The van der Waals surface area contributed by atoms with Gasteiger partial charge in [0.25, 0.3) is 0 Å². The second-order valence-corrected chi connectivity index (χ2v) is 9.30. The molecule has 166 valence electrons. The molecule has 1 aliphatic rings. The largest absolute Gasteiger partial charge is 0.323 e. The Morgan fingerprint density at radius 1 is 1.16 bits per heavy atom. The summed E-state index contributed by atoms with van der Waals surface area (Å²) in [6, 6.07) is 12.5. The number of aromatic nitrogens is 2. The van der Waals surface area contributed by atoms with E-state index < -0.39 is 0 Å². The van der Waals surface area contributed by atoms with Crippen molar-refractivity contribution in [1.29, 1.82) is 0 Å². The number of nitrogens with zero attached hydrogens (tertiary/aromatic N) is 5. The number of amides is 2. The minimum Gasteiger partial charge on any atom is -0.321 e. The summed E-state index contributed by atoms with van der Waals surface area (Å²) in [6.45, 7) is 5.43. The van der Waals surface area contributed by atoms with Gasteiger partial charge in [0, 0.05) is 49.3 Å². The Labute approximate surface area is 192 Å². The molecule has 1 aliphatic heterocycles. The fourth-order valence-electron chi connectivity index (χ4n) is 3.76. The van der Waals surface area contributed by atoms with Crippen molar-refractivity contribution in [3.8, 4) is 21.7 Å². The predicted octanol–water partition coefficient (Wildman–Crippen LogP) is 4.32. The van der Waals surface area contributed by atoms with Crippen molar-refractivity contribution in [2.75, 3.05) is 39.5 Å². The molecule has 8 heteroatoms. The molecule has 0 atom stereocenters. The number of urea groups is 1. The summed E-state index contributed by atoms with van der Waals surface area (Å²) < 4.78 is 0. The van der Waals surface area contributed by atoms with Crippen molar-refractivity contribution in [2.45, 2.75) is 19.9 Å². The summed E-state index contributed by atoms with van der Waals surface area (Å²) >= 11 is 1.49. The van der Waals surface area contributed by atoms with E-state index in [2.05, 4.69) is 38.4 Å². The maximum atomic E-state index is 12.7. The number of anilines is 1. The topological polar surface area (TPSA) is 73.7 Å². The van der Waals surface area contributed by atoms with E-state index in [1.54, 1.807) is 7.05 Å². The maximum absolute atomic E-state index is 12.7. The molecule has 3 heterocycles. The highest BCUT2D eigenvalue weighted by Gasteiger charge is 2.32. The van der Waals surface area contributed by atoms with Crippen LogP contribution >= 0.6 is 11.3 Å². The number of thiazole rings is 1. The second kappa shape index (κ2) is 9.18. The number of aryl methyl sites for hydroxylation is 2. The molecule has 0 unspecified atom stereocenters. The quantitative estimate of drug-likeness (QED) is 0.590. The third-order valence-electron chi connectivity index (χ3n) is 5.50. The lowest BCUT2D eigenvalue weighted by molar-refractivity contribution is 0.0942. The molecule has 2 aromatic heterocycles. The minimum atomic E-state index is -0.107. The van der Waals surface area contributed by atoms with Crippen LogP contribution in [-0.2, 0) is 0 Å². The normalized spacial score (nSPS) is 14.2. The number of carbonyl (C=O) groups is 1. The number of benzene rings is 1. The Hall–Kier alpha value is -3.10. The van der Waals surface area contributed by atoms with Crippen LogP contribution in [0.5, 0.6) is 0 Å². The highest BCUT2D eigenvalue weighted by Crippen LogP contribution is 2.39.